The highest BCUT2D eigenvalue weighted by Crippen LogP contribution is 2.19. The van der Waals surface area contributed by atoms with E-state index in [2.05, 4.69) is 27.8 Å². The maximum atomic E-state index is 11.6. The van der Waals surface area contributed by atoms with Crippen LogP contribution < -0.4 is 11.5 Å². The van der Waals surface area contributed by atoms with Gasteiger partial charge in [0.25, 0.3) is 5.91 Å². The first kappa shape index (κ1) is 34.4. The van der Waals surface area contributed by atoms with Gasteiger partial charge in [0.05, 0.1) is 69.8 Å². The van der Waals surface area contributed by atoms with E-state index < -0.39 is 5.91 Å². The van der Waals surface area contributed by atoms with Gasteiger partial charge in [0.2, 0.25) is 0 Å². The molecule has 0 radical (unpaired) electrons. The molecule has 0 aliphatic rings. The van der Waals surface area contributed by atoms with Gasteiger partial charge in [-0.2, -0.15) is 0 Å². The monoisotopic (exact) mass is 607 g/mol. The summed E-state index contributed by atoms with van der Waals surface area (Å²) in [6.45, 7) is 6.92. The summed E-state index contributed by atoms with van der Waals surface area (Å²) < 4.78 is 21.9. The minimum Gasteiger partial charge on any atom is -0.398 e. The Balaban J connectivity index is 0.000000396. The molecule has 0 unspecified atom stereocenters. The van der Waals surface area contributed by atoms with Gasteiger partial charge in [-0.25, -0.2) is 0 Å². The van der Waals surface area contributed by atoms with Gasteiger partial charge in [-0.05, 0) is 36.2 Å². The number of nitrogens with zero attached hydrogens (tertiary/aromatic N) is 1. The third-order valence-corrected chi connectivity index (χ3v) is 5.53. The summed E-state index contributed by atoms with van der Waals surface area (Å²) in [6, 6.07) is 16.6. The van der Waals surface area contributed by atoms with E-state index in [4.69, 9.17) is 35.5 Å². The molecule has 0 spiro atoms. The van der Waals surface area contributed by atoms with Crippen LogP contribution in [0.2, 0.25) is 0 Å². The summed E-state index contributed by atoms with van der Waals surface area (Å²) >= 11 is 3.36. The molecule has 10 heteroatoms. The number of aliphatic hydroxyl groups is 1. The first-order valence-corrected chi connectivity index (χ1v) is 13.8. The summed E-state index contributed by atoms with van der Waals surface area (Å²) in [5.41, 5.74) is 13.3. The molecule has 2 aromatic rings. The molecule has 0 aliphatic heterocycles. The number of hydrogen-bond acceptors (Lipinski definition) is 8. The number of unbranched alkanes of at least 4 members (excludes halogenated alkanes) is 2. The first-order chi connectivity index (χ1) is 19.0. The summed E-state index contributed by atoms with van der Waals surface area (Å²) in [7, 11) is 0. The molecule has 0 atom stereocenters. The zero-order valence-electron chi connectivity index (χ0n) is 22.7. The second-order valence-corrected chi connectivity index (χ2v) is 9.09. The van der Waals surface area contributed by atoms with E-state index in [9.17, 15) is 4.79 Å². The lowest BCUT2D eigenvalue weighted by atomic mass is 10.1. The fourth-order valence-electron chi connectivity index (χ4n) is 3.01. The number of para-hydroxylation sites is 1. The molecule has 0 aliphatic carbocycles. The molecule has 0 fully saturated rings. The Morgan fingerprint density at radius 2 is 1.44 bits per heavy atom. The molecular formula is C29H42BrN3O6. The molecule has 0 bridgehead atoms. The summed E-state index contributed by atoms with van der Waals surface area (Å²) in [4.78, 5) is 15.8. The van der Waals surface area contributed by atoms with Crippen LogP contribution in [0, 0.1) is 0 Å². The van der Waals surface area contributed by atoms with Gasteiger partial charge in [0.15, 0.2) is 0 Å². The van der Waals surface area contributed by atoms with E-state index in [1.807, 2.05) is 48.5 Å². The van der Waals surface area contributed by atoms with Gasteiger partial charge in [-0.3, -0.25) is 9.79 Å². The number of nitrogens with two attached hydrogens (primary N) is 2. The maximum absolute atomic E-state index is 11.6. The van der Waals surface area contributed by atoms with Crippen LogP contribution in [-0.4, -0.2) is 76.7 Å². The number of rotatable bonds is 19. The van der Waals surface area contributed by atoms with E-state index >= 15 is 0 Å². The fraction of sp³-hybridized carbons (Fsp3) is 0.448. The molecule has 2 aromatic carbocycles. The molecule has 0 saturated carbocycles. The summed E-state index contributed by atoms with van der Waals surface area (Å²) in [5, 5.41) is 8.46. The quantitative estimate of drug-likeness (QED) is 0.123. The van der Waals surface area contributed by atoms with E-state index in [1.54, 1.807) is 6.07 Å². The number of aliphatic hydroxyl groups excluding tert-OH is 1. The zero-order valence-corrected chi connectivity index (χ0v) is 24.3. The molecule has 0 saturated heterocycles. The lowest BCUT2D eigenvalue weighted by Gasteiger charge is -2.07. The SMILES string of the molecule is CCCCCOCCOCCOCCOCCO.NC(=O)/C(C=Nc1ccccc1)=C(/N)c1cccc(Br)c1. The Morgan fingerprint density at radius 3 is 1.97 bits per heavy atom. The second kappa shape index (κ2) is 23.3. The van der Waals surface area contributed by atoms with Gasteiger partial charge in [0.1, 0.15) is 0 Å². The average Bonchev–Trinajstić information content (AvgIpc) is 2.94. The van der Waals surface area contributed by atoms with Crippen LogP contribution >= 0.6 is 15.9 Å². The smallest absolute Gasteiger partial charge is 0.252 e. The van der Waals surface area contributed by atoms with Crippen molar-refractivity contribution in [2.24, 2.45) is 16.5 Å². The lowest BCUT2D eigenvalue weighted by molar-refractivity contribution is -0.114. The van der Waals surface area contributed by atoms with Gasteiger partial charge in [-0.15, -0.1) is 0 Å². The minimum absolute atomic E-state index is 0.0569. The third kappa shape index (κ3) is 17.6. The molecule has 216 valence electrons. The second-order valence-electron chi connectivity index (χ2n) is 8.18. The van der Waals surface area contributed by atoms with E-state index in [-0.39, 0.29) is 12.2 Å². The number of benzene rings is 2. The van der Waals surface area contributed by atoms with Crippen molar-refractivity contribution in [3.05, 3.63) is 70.2 Å². The van der Waals surface area contributed by atoms with E-state index in [0.717, 1.165) is 23.2 Å². The highest BCUT2D eigenvalue weighted by Gasteiger charge is 2.10. The van der Waals surface area contributed by atoms with Crippen LogP contribution in [-0.2, 0) is 23.7 Å². The Kier molecular flexibility index (Phi) is 20.6. The molecule has 2 rings (SSSR count). The predicted molar refractivity (Wildman–Crippen MR) is 159 cm³/mol. The van der Waals surface area contributed by atoms with Crippen LogP contribution in [0.25, 0.3) is 5.70 Å². The number of carbonyl (C=O) groups excluding carboxylic acids is 1. The van der Waals surface area contributed by atoms with Crippen molar-refractivity contribution >= 4 is 39.4 Å². The Labute approximate surface area is 240 Å². The van der Waals surface area contributed by atoms with Crippen LogP contribution in [0.1, 0.15) is 31.7 Å². The lowest BCUT2D eigenvalue weighted by Crippen LogP contribution is -2.19. The number of carbonyl (C=O) groups is 1. The normalized spacial score (nSPS) is 11.7. The number of primary amides is 1. The summed E-state index contributed by atoms with van der Waals surface area (Å²) in [6.07, 6.45) is 4.98. The van der Waals surface area contributed by atoms with Crippen molar-refractivity contribution < 1.29 is 28.8 Å². The van der Waals surface area contributed by atoms with Crippen molar-refractivity contribution in [1.29, 1.82) is 0 Å². The Bertz CT molecular complexity index is 957. The number of halogens is 1. The molecule has 5 N–H and O–H groups in total. The first-order valence-electron chi connectivity index (χ1n) is 13.1. The largest absolute Gasteiger partial charge is 0.398 e. The molecule has 0 heterocycles. The van der Waals surface area contributed by atoms with Gasteiger partial charge in [0, 0.05) is 17.3 Å². The van der Waals surface area contributed by atoms with Crippen molar-refractivity contribution in [2.75, 3.05) is 59.5 Å². The highest BCUT2D eigenvalue weighted by atomic mass is 79.9. The van der Waals surface area contributed by atoms with Crippen molar-refractivity contribution in [3.63, 3.8) is 0 Å². The zero-order chi connectivity index (χ0) is 28.6. The topological polar surface area (TPSA) is 139 Å². The highest BCUT2D eigenvalue weighted by molar-refractivity contribution is 9.10. The molecule has 1 amide bonds. The molecule has 0 aromatic heterocycles. The molecular weight excluding hydrogens is 566 g/mol. The van der Waals surface area contributed by atoms with Crippen LogP contribution in [0.15, 0.2) is 69.6 Å². The number of hydrogen-bond donors (Lipinski definition) is 3. The van der Waals surface area contributed by atoms with Crippen molar-refractivity contribution in [3.8, 4) is 0 Å². The van der Waals surface area contributed by atoms with Crippen LogP contribution in [0.4, 0.5) is 5.69 Å². The van der Waals surface area contributed by atoms with Crippen molar-refractivity contribution in [1.82, 2.24) is 0 Å². The van der Waals surface area contributed by atoms with E-state index in [0.29, 0.717) is 57.5 Å². The van der Waals surface area contributed by atoms with E-state index in [1.165, 1.54) is 19.1 Å². The maximum Gasteiger partial charge on any atom is 0.252 e. The molecule has 9 nitrogen and oxygen atoms in total. The van der Waals surface area contributed by atoms with Crippen LogP contribution in [0.3, 0.4) is 0 Å². The predicted octanol–water partition coefficient (Wildman–Crippen LogP) is 4.24. The number of amides is 1. The number of ether oxygens (including phenoxy) is 4. The van der Waals surface area contributed by atoms with Gasteiger partial charge in [-0.1, -0.05) is 66.0 Å². The molecule has 39 heavy (non-hydrogen) atoms. The van der Waals surface area contributed by atoms with Crippen LogP contribution in [0.5, 0.6) is 0 Å². The fourth-order valence-corrected chi connectivity index (χ4v) is 3.41. The van der Waals surface area contributed by atoms with Gasteiger partial charge >= 0.3 is 0 Å². The number of aliphatic imine (C=N–C) groups is 1. The summed E-state index contributed by atoms with van der Waals surface area (Å²) in [5.74, 6) is -0.618. The average molecular weight is 609 g/mol. The van der Waals surface area contributed by atoms with Crippen molar-refractivity contribution in [2.45, 2.75) is 26.2 Å². The Morgan fingerprint density at radius 1 is 0.846 bits per heavy atom. The minimum atomic E-state index is -0.618. The third-order valence-electron chi connectivity index (χ3n) is 5.03. The Hall–Kier alpha value is -2.60. The standard InChI is InChI=1S/C16H14BrN3O.C13H28O5/c17-12-6-4-5-11(9-12)15(18)14(16(19)21)10-20-13-7-2-1-3-8-13;1-2-3-4-6-15-8-10-17-12-13-18-11-9-16-7-5-14/h1-10H,18H2,(H2,19,21);14H,2-13H2,1H3/b15-14+,20-10?;. The van der Waals surface area contributed by atoms with Gasteiger partial charge < -0.3 is 35.5 Å².